The second-order valence-electron chi connectivity index (χ2n) is 7.29. The molecule has 3 rings (SSSR count). The van der Waals surface area contributed by atoms with Crippen LogP contribution < -0.4 is 4.74 Å². The molecule has 0 spiro atoms. The summed E-state index contributed by atoms with van der Waals surface area (Å²) in [6.07, 6.45) is 1.25. The van der Waals surface area contributed by atoms with Crippen LogP contribution in [0.3, 0.4) is 0 Å². The number of benzene rings is 2. The predicted octanol–water partition coefficient (Wildman–Crippen LogP) is 4.33. The first kappa shape index (κ1) is 22.7. The molecule has 0 aliphatic carbocycles. The van der Waals surface area contributed by atoms with E-state index >= 15 is 0 Å². The maximum absolute atomic E-state index is 12.5. The Kier molecular flexibility index (Phi) is 8.00. The first-order valence-electron chi connectivity index (χ1n) is 10.3. The number of ether oxygens (including phenoxy) is 1. The highest BCUT2D eigenvalue weighted by Crippen LogP contribution is 2.20. The second kappa shape index (κ2) is 10.9. The molecule has 0 saturated carbocycles. The van der Waals surface area contributed by atoms with Crippen molar-refractivity contribution in [2.75, 3.05) is 12.9 Å². The number of aryl methyl sites for hydroxylation is 2. The van der Waals surface area contributed by atoms with Gasteiger partial charge in [0.15, 0.2) is 10.9 Å². The molecule has 6 nitrogen and oxygen atoms in total. The number of rotatable bonds is 11. The molecule has 1 aromatic heterocycles. The van der Waals surface area contributed by atoms with Gasteiger partial charge >= 0.3 is 0 Å². The average Bonchev–Trinajstić information content (AvgIpc) is 3.18. The fourth-order valence-corrected chi connectivity index (χ4v) is 4.20. The Labute approximate surface area is 187 Å². The number of carbonyl (C=O) groups is 2. The van der Waals surface area contributed by atoms with Gasteiger partial charge in [0.1, 0.15) is 17.4 Å². The molecule has 0 bridgehead atoms. The number of carbonyl (C=O) groups excluding carboxylic acids is 2. The largest absolute Gasteiger partial charge is 0.497 e. The Balaban J connectivity index is 1.56. The van der Waals surface area contributed by atoms with Crippen LogP contribution in [0.5, 0.6) is 5.75 Å². The summed E-state index contributed by atoms with van der Waals surface area (Å²) in [5.74, 6) is 2.04. The minimum Gasteiger partial charge on any atom is -0.497 e. The standard InChI is InChI=1S/C24H27N3O3S/c1-4-27-23(12-11-22(29)19-9-5-7-17(2)13-19)25-26-24(27)31-16-20(28)14-18-8-6-10-21(15-18)30-3/h5-10,13,15H,4,11-12,14,16H2,1-3H3. The Bertz CT molecular complexity index is 1060. The SMILES string of the molecule is CCn1c(CCC(=O)c2cccc(C)c2)nnc1SCC(=O)Cc1cccc(OC)c1. The fourth-order valence-electron chi connectivity index (χ4n) is 3.32. The number of hydrogen-bond acceptors (Lipinski definition) is 6. The summed E-state index contributed by atoms with van der Waals surface area (Å²) < 4.78 is 7.19. The Hall–Kier alpha value is -2.93. The summed E-state index contributed by atoms with van der Waals surface area (Å²) in [6.45, 7) is 4.67. The van der Waals surface area contributed by atoms with Crippen LogP contribution in [0, 0.1) is 6.92 Å². The smallest absolute Gasteiger partial charge is 0.191 e. The molecule has 162 valence electrons. The lowest BCUT2D eigenvalue weighted by atomic mass is 10.0. The monoisotopic (exact) mass is 437 g/mol. The van der Waals surface area contributed by atoms with Gasteiger partial charge in [0.25, 0.3) is 0 Å². The molecule has 31 heavy (non-hydrogen) atoms. The van der Waals surface area contributed by atoms with Crippen LogP contribution in [0.25, 0.3) is 0 Å². The molecule has 0 amide bonds. The van der Waals surface area contributed by atoms with Gasteiger partial charge in [0.05, 0.1) is 12.9 Å². The molecule has 0 radical (unpaired) electrons. The van der Waals surface area contributed by atoms with E-state index in [9.17, 15) is 9.59 Å². The number of nitrogens with zero attached hydrogens (tertiary/aromatic N) is 3. The van der Waals surface area contributed by atoms with Crippen LogP contribution >= 0.6 is 11.8 Å². The fraction of sp³-hybridized carbons (Fsp3) is 0.333. The topological polar surface area (TPSA) is 74.1 Å². The summed E-state index contributed by atoms with van der Waals surface area (Å²) in [7, 11) is 1.61. The van der Waals surface area contributed by atoms with Crippen molar-refractivity contribution in [3.63, 3.8) is 0 Å². The number of aromatic nitrogens is 3. The molecule has 0 N–H and O–H groups in total. The summed E-state index contributed by atoms with van der Waals surface area (Å²) in [6, 6.07) is 15.2. The minimum atomic E-state index is 0.0945. The molecular weight excluding hydrogens is 410 g/mol. The van der Waals surface area contributed by atoms with Crippen LogP contribution in [0.15, 0.2) is 53.7 Å². The first-order valence-corrected chi connectivity index (χ1v) is 11.3. The van der Waals surface area contributed by atoms with Gasteiger partial charge in [-0.3, -0.25) is 9.59 Å². The van der Waals surface area contributed by atoms with Crippen molar-refractivity contribution in [1.82, 2.24) is 14.8 Å². The summed E-state index contributed by atoms with van der Waals surface area (Å²) in [5.41, 5.74) is 2.72. The zero-order valence-corrected chi connectivity index (χ0v) is 18.9. The van der Waals surface area contributed by atoms with Crippen LogP contribution in [-0.4, -0.2) is 39.2 Å². The lowest BCUT2D eigenvalue weighted by Gasteiger charge is -2.07. The van der Waals surface area contributed by atoms with Crippen molar-refractivity contribution in [2.24, 2.45) is 0 Å². The van der Waals surface area contributed by atoms with Gasteiger partial charge in [-0.1, -0.05) is 47.7 Å². The van der Waals surface area contributed by atoms with Gasteiger partial charge in [0, 0.05) is 31.4 Å². The molecule has 0 aliphatic heterocycles. The van der Waals surface area contributed by atoms with Crippen molar-refractivity contribution in [2.45, 2.75) is 44.8 Å². The van der Waals surface area contributed by atoms with E-state index in [0.29, 0.717) is 36.7 Å². The van der Waals surface area contributed by atoms with Gasteiger partial charge in [-0.25, -0.2) is 0 Å². The molecule has 0 unspecified atom stereocenters. The molecule has 3 aromatic rings. The van der Waals surface area contributed by atoms with Crippen molar-refractivity contribution in [3.8, 4) is 5.75 Å². The molecule has 0 atom stereocenters. The zero-order chi connectivity index (χ0) is 22.2. The van der Waals surface area contributed by atoms with E-state index < -0.39 is 0 Å². The molecule has 0 aliphatic rings. The quantitative estimate of drug-likeness (QED) is 0.328. The second-order valence-corrected chi connectivity index (χ2v) is 8.23. The maximum atomic E-state index is 12.5. The van der Waals surface area contributed by atoms with Crippen molar-refractivity contribution in [3.05, 3.63) is 71.0 Å². The average molecular weight is 438 g/mol. The van der Waals surface area contributed by atoms with Crippen LogP contribution in [0.4, 0.5) is 0 Å². The van der Waals surface area contributed by atoms with Crippen LogP contribution in [0.1, 0.15) is 40.7 Å². The van der Waals surface area contributed by atoms with Gasteiger partial charge in [-0.05, 0) is 37.6 Å². The van der Waals surface area contributed by atoms with Gasteiger partial charge < -0.3 is 9.30 Å². The van der Waals surface area contributed by atoms with Crippen molar-refractivity contribution >= 4 is 23.3 Å². The highest BCUT2D eigenvalue weighted by Gasteiger charge is 2.15. The normalized spacial score (nSPS) is 10.8. The van der Waals surface area contributed by atoms with E-state index in [4.69, 9.17) is 4.74 Å². The van der Waals surface area contributed by atoms with E-state index in [1.54, 1.807) is 7.11 Å². The van der Waals surface area contributed by atoms with Crippen molar-refractivity contribution < 1.29 is 14.3 Å². The van der Waals surface area contributed by atoms with Gasteiger partial charge in [-0.15, -0.1) is 10.2 Å². The van der Waals surface area contributed by atoms with Gasteiger partial charge in [0.2, 0.25) is 0 Å². The van der Waals surface area contributed by atoms with E-state index in [2.05, 4.69) is 10.2 Å². The van der Waals surface area contributed by atoms with E-state index in [1.165, 1.54) is 11.8 Å². The summed E-state index contributed by atoms with van der Waals surface area (Å²) in [5, 5.41) is 9.23. The highest BCUT2D eigenvalue weighted by molar-refractivity contribution is 7.99. The number of Topliss-reactive ketones (excluding diaryl/α,β-unsaturated/α-hetero) is 2. The minimum absolute atomic E-state index is 0.0945. The van der Waals surface area contributed by atoms with E-state index in [0.717, 1.165) is 28.3 Å². The highest BCUT2D eigenvalue weighted by atomic mass is 32.2. The summed E-state index contributed by atoms with van der Waals surface area (Å²) >= 11 is 1.39. The summed E-state index contributed by atoms with van der Waals surface area (Å²) in [4.78, 5) is 24.9. The zero-order valence-electron chi connectivity index (χ0n) is 18.1. The third kappa shape index (κ3) is 6.28. The van der Waals surface area contributed by atoms with Gasteiger partial charge in [-0.2, -0.15) is 0 Å². The predicted molar refractivity (Wildman–Crippen MR) is 122 cm³/mol. The lowest BCUT2D eigenvalue weighted by molar-refractivity contribution is -0.116. The van der Waals surface area contributed by atoms with Crippen molar-refractivity contribution in [1.29, 1.82) is 0 Å². The number of hydrogen-bond donors (Lipinski definition) is 0. The number of ketones is 2. The third-order valence-corrected chi connectivity index (χ3v) is 5.95. The molecular formula is C24H27N3O3S. The third-order valence-electron chi connectivity index (χ3n) is 4.92. The maximum Gasteiger partial charge on any atom is 0.191 e. The molecule has 1 heterocycles. The molecule has 0 saturated heterocycles. The molecule has 0 fully saturated rings. The lowest BCUT2D eigenvalue weighted by Crippen LogP contribution is -2.09. The Morgan fingerprint density at radius 2 is 1.90 bits per heavy atom. The van der Waals surface area contributed by atoms with Crippen LogP contribution in [0.2, 0.25) is 0 Å². The number of methoxy groups -OCH3 is 1. The first-order chi connectivity index (χ1) is 15.0. The molecule has 7 heteroatoms. The molecule has 2 aromatic carbocycles. The Morgan fingerprint density at radius 3 is 2.65 bits per heavy atom. The van der Waals surface area contributed by atoms with Crippen LogP contribution in [-0.2, 0) is 24.2 Å². The van der Waals surface area contributed by atoms with E-state index in [1.807, 2.05) is 66.9 Å². The van der Waals surface area contributed by atoms with E-state index in [-0.39, 0.29) is 11.6 Å². The Morgan fingerprint density at radius 1 is 1.10 bits per heavy atom. The number of thioether (sulfide) groups is 1.